The normalized spacial score (nSPS) is 22.3. The Kier molecular flexibility index (Phi) is 3.56. The van der Waals surface area contributed by atoms with E-state index >= 15 is 0 Å². The fraction of sp³-hybridized carbons (Fsp3) is 0.538. The maximum absolute atomic E-state index is 12.9. The Morgan fingerprint density at radius 3 is 3.00 bits per heavy atom. The van der Waals surface area contributed by atoms with Gasteiger partial charge in [0.1, 0.15) is 5.82 Å². The number of halogens is 1. The number of benzene rings is 1. The van der Waals surface area contributed by atoms with E-state index in [1.165, 1.54) is 6.07 Å². The van der Waals surface area contributed by atoms with Gasteiger partial charge in [-0.3, -0.25) is 4.90 Å². The predicted molar refractivity (Wildman–Crippen MR) is 61.7 cm³/mol. The second-order valence-electron chi connectivity index (χ2n) is 4.60. The molecule has 0 aromatic heterocycles. The van der Waals surface area contributed by atoms with Gasteiger partial charge in [0, 0.05) is 13.1 Å². The van der Waals surface area contributed by atoms with Crippen molar-refractivity contribution in [2.24, 2.45) is 0 Å². The lowest BCUT2D eigenvalue weighted by atomic mass is 10.0. The standard InChI is InChI=1S/C13H18FNO/c1-10-7-12(14)5-4-11(10)8-15-6-2-3-13(16)9-15/h4-5,7,13,16H,2-3,6,8-9H2,1H3/t13-/m1/s1. The number of β-amino-alcohol motifs (C(OH)–C–C–N with tert-alkyl or cyclic N) is 1. The van der Waals surface area contributed by atoms with Crippen LogP contribution in [0.15, 0.2) is 18.2 Å². The number of nitrogens with zero attached hydrogens (tertiary/aromatic N) is 1. The van der Waals surface area contributed by atoms with Gasteiger partial charge in [0.2, 0.25) is 0 Å². The fourth-order valence-electron chi connectivity index (χ4n) is 2.25. The molecule has 0 spiro atoms. The van der Waals surface area contributed by atoms with E-state index in [-0.39, 0.29) is 11.9 Å². The number of likely N-dealkylation sites (tertiary alicyclic amines) is 1. The molecule has 88 valence electrons. The predicted octanol–water partition coefficient (Wildman–Crippen LogP) is 2.09. The third kappa shape index (κ3) is 2.80. The molecule has 2 nitrogen and oxygen atoms in total. The molecule has 0 aliphatic carbocycles. The zero-order valence-electron chi connectivity index (χ0n) is 9.62. The molecule has 1 aliphatic rings. The van der Waals surface area contributed by atoms with Crippen LogP contribution in [0.4, 0.5) is 4.39 Å². The topological polar surface area (TPSA) is 23.5 Å². The van der Waals surface area contributed by atoms with Crippen LogP contribution in [0.25, 0.3) is 0 Å². The summed E-state index contributed by atoms with van der Waals surface area (Å²) in [6.45, 7) is 4.49. The van der Waals surface area contributed by atoms with Crippen LogP contribution in [0, 0.1) is 12.7 Å². The largest absolute Gasteiger partial charge is 0.392 e. The van der Waals surface area contributed by atoms with Crippen LogP contribution in [0.2, 0.25) is 0 Å². The average Bonchev–Trinajstić information content (AvgIpc) is 2.22. The molecule has 2 rings (SSSR count). The SMILES string of the molecule is Cc1cc(F)ccc1CN1CCC[C@@H](O)C1. The Labute approximate surface area is 95.7 Å². The molecule has 1 aromatic carbocycles. The Hall–Kier alpha value is -0.930. The van der Waals surface area contributed by atoms with E-state index in [1.807, 2.05) is 13.0 Å². The minimum absolute atomic E-state index is 0.181. The van der Waals surface area contributed by atoms with Crippen LogP contribution >= 0.6 is 0 Å². The number of hydrogen-bond acceptors (Lipinski definition) is 2. The molecular weight excluding hydrogens is 205 g/mol. The molecule has 3 heteroatoms. The number of rotatable bonds is 2. The summed E-state index contributed by atoms with van der Waals surface area (Å²) in [6, 6.07) is 4.91. The Bertz CT molecular complexity index is 367. The van der Waals surface area contributed by atoms with E-state index in [4.69, 9.17) is 0 Å². The second kappa shape index (κ2) is 4.93. The van der Waals surface area contributed by atoms with E-state index in [1.54, 1.807) is 6.07 Å². The van der Waals surface area contributed by atoms with Gasteiger partial charge in [-0.1, -0.05) is 6.07 Å². The van der Waals surface area contributed by atoms with Crippen LogP contribution in [-0.2, 0) is 6.54 Å². The highest BCUT2D eigenvalue weighted by atomic mass is 19.1. The van der Waals surface area contributed by atoms with Gasteiger partial charge in [0.05, 0.1) is 6.10 Å². The van der Waals surface area contributed by atoms with Gasteiger partial charge in [0.15, 0.2) is 0 Å². The summed E-state index contributed by atoms with van der Waals surface area (Å²) >= 11 is 0. The molecular formula is C13H18FNO. The summed E-state index contributed by atoms with van der Waals surface area (Å²) < 4.78 is 12.9. The zero-order valence-corrected chi connectivity index (χ0v) is 9.62. The molecule has 1 aliphatic heterocycles. The fourth-order valence-corrected chi connectivity index (χ4v) is 2.25. The molecule has 0 bridgehead atoms. The summed E-state index contributed by atoms with van der Waals surface area (Å²) in [5.74, 6) is -0.181. The Morgan fingerprint density at radius 2 is 2.31 bits per heavy atom. The number of piperidine rings is 1. The van der Waals surface area contributed by atoms with E-state index < -0.39 is 0 Å². The van der Waals surface area contributed by atoms with Crippen molar-refractivity contribution in [2.75, 3.05) is 13.1 Å². The van der Waals surface area contributed by atoms with Crippen LogP contribution in [-0.4, -0.2) is 29.2 Å². The minimum atomic E-state index is -0.200. The van der Waals surface area contributed by atoms with Crippen LogP contribution in [0.3, 0.4) is 0 Å². The van der Waals surface area contributed by atoms with E-state index in [2.05, 4.69) is 4.90 Å². The summed E-state index contributed by atoms with van der Waals surface area (Å²) in [5.41, 5.74) is 2.13. The van der Waals surface area contributed by atoms with Crippen molar-refractivity contribution in [3.8, 4) is 0 Å². The molecule has 1 aromatic rings. The lowest BCUT2D eigenvalue weighted by Crippen LogP contribution is -2.37. The zero-order chi connectivity index (χ0) is 11.5. The molecule has 1 heterocycles. The first-order valence-corrected chi connectivity index (χ1v) is 5.80. The number of hydrogen-bond donors (Lipinski definition) is 1. The van der Waals surface area contributed by atoms with E-state index in [9.17, 15) is 9.50 Å². The summed E-state index contributed by atoms with van der Waals surface area (Å²) in [6.07, 6.45) is 1.75. The van der Waals surface area contributed by atoms with Gasteiger partial charge < -0.3 is 5.11 Å². The maximum atomic E-state index is 12.9. The Balaban J connectivity index is 2.02. The van der Waals surface area contributed by atoms with Gasteiger partial charge in [-0.15, -0.1) is 0 Å². The first-order valence-electron chi connectivity index (χ1n) is 5.80. The molecule has 0 unspecified atom stereocenters. The van der Waals surface area contributed by atoms with Crippen molar-refractivity contribution >= 4 is 0 Å². The van der Waals surface area contributed by atoms with Gasteiger partial charge in [0.25, 0.3) is 0 Å². The smallest absolute Gasteiger partial charge is 0.123 e. The van der Waals surface area contributed by atoms with Crippen LogP contribution in [0.1, 0.15) is 24.0 Å². The maximum Gasteiger partial charge on any atom is 0.123 e. The van der Waals surface area contributed by atoms with Gasteiger partial charge in [-0.25, -0.2) is 4.39 Å². The molecule has 0 radical (unpaired) electrons. The number of aryl methyl sites for hydroxylation is 1. The summed E-state index contributed by atoms with van der Waals surface area (Å²) in [7, 11) is 0. The van der Waals surface area contributed by atoms with Crippen LogP contribution < -0.4 is 0 Å². The third-order valence-corrected chi connectivity index (χ3v) is 3.18. The lowest BCUT2D eigenvalue weighted by Gasteiger charge is -2.30. The average molecular weight is 223 g/mol. The first-order chi connectivity index (χ1) is 7.65. The van der Waals surface area contributed by atoms with Gasteiger partial charge in [-0.2, -0.15) is 0 Å². The minimum Gasteiger partial charge on any atom is -0.392 e. The van der Waals surface area contributed by atoms with E-state index in [0.29, 0.717) is 0 Å². The number of aliphatic hydroxyl groups is 1. The van der Waals surface area contributed by atoms with Gasteiger partial charge >= 0.3 is 0 Å². The quantitative estimate of drug-likeness (QED) is 0.830. The molecule has 0 amide bonds. The number of aliphatic hydroxyl groups excluding tert-OH is 1. The van der Waals surface area contributed by atoms with Crippen molar-refractivity contribution in [3.63, 3.8) is 0 Å². The summed E-state index contributed by atoms with van der Waals surface area (Å²) in [5, 5.41) is 9.57. The summed E-state index contributed by atoms with van der Waals surface area (Å²) in [4.78, 5) is 2.23. The second-order valence-corrected chi connectivity index (χ2v) is 4.60. The molecule has 1 atom stereocenters. The molecule has 16 heavy (non-hydrogen) atoms. The lowest BCUT2D eigenvalue weighted by molar-refractivity contribution is 0.0667. The van der Waals surface area contributed by atoms with Crippen LogP contribution in [0.5, 0.6) is 0 Å². The highest BCUT2D eigenvalue weighted by Gasteiger charge is 2.17. The molecule has 1 fully saturated rings. The van der Waals surface area contributed by atoms with Crippen molar-refractivity contribution in [3.05, 3.63) is 35.1 Å². The van der Waals surface area contributed by atoms with Crippen molar-refractivity contribution in [1.29, 1.82) is 0 Å². The highest BCUT2D eigenvalue weighted by Crippen LogP contribution is 2.16. The third-order valence-electron chi connectivity index (χ3n) is 3.18. The van der Waals surface area contributed by atoms with Crippen molar-refractivity contribution in [2.45, 2.75) is 32.4 Å². The monoisotopic (exact) mass is 223 g/mol. The van der Waals surface area contributed by atoms with Crippen molar-refractivity contribution < 1.29 is 9.50 Å². The van der Waals surface area contributed by atoms with Gasteiger partial charge in [-0.05, 0) is 49.6 Å². The highest BCUT2D eigenvalue weighted by molar-refractivity contribution is 5.26. The molecule has 0 saturated carbocycles. The molecule has 1 saturated heterocycles. The first kappa shape index (κ1) is 11.6. The van der Waals surface area contributed by atoms with E-state index in [0.717, 1.165) is 43.6 Å². The molecule has 1 N–H and O–H groups in total. The van der Waals surface area contributed by atoms with Crippen molar-refractivity contribution in [1.82, 2.24) is 4.90 Å². The Morgan fingerprint density at radius 1 is 1.50 bits per heavy atom.